The molecule has 1 saturated carbocycles. The Morgan fingerprint density at radius 2 is 1.81 bits per heavy atom. The van der Waals surface area contributed by atoms with Gasteiger partial charge in [-0.15, -0.1) is 0 Å². The van der Waals surface area contributed by atoms with Gasteiger partial charge in [0.05, 0.1) is 0 Å². The molecule has 2 aliphatic heterocycles. The largest absolute Gasteiger partial charge is 0.314 e. The molecule has 3 unspecified atom stereocenters. The van der Waals surface area contributed by atoms with Gasteiger partial charge in [-0.25, -0.2) is 0 Å². The highest BCUT2D eigenvalue weighted by atomic mass is 15.1. The fraction of sp³-hybridized carbons (Fsp3) is 1.00. The molecule has 0 bridgehead atoms. The normalized spacial score (nSPS) is 36.1. The van der Waals surface area contributed by atoms with Crippen LogP contribution in [0.4, 0.5) is 0 Å². The Bertz CT molecular complexity index is 293. The molecule has 0 aromatic carbocycles. The maximum atomic E-state index is 3.95. The summed E-state index contributed by atoms with van der Waals surface area (Å²) in [5.74, 6) is 1.87. The summed E-state index contributed by atoms with van der Waals surface area (Å²) >= 11 is 0. The van der Waals surface area contributed by atoms with Crippen molar-refractivity contribution in [2.24, 2.45) is 11.8 Å². The van der Waals surface area contributed by atoms with E-state index >= 15 is 0 Å². The monoisotopic (exact) mass is 293 g/mol. The van der Waals surface area contributed by atoms with E-state index in [9.17, 15) is 0 Å². The van der Waals surface area contributed by atoms with Crippen molar-refractivity contribution >= 4 is 0 Å². The van der Waals surface area contributed by atoms with Gasteiger partial charge in [0.2, 0.25) is 0 Å². The minimum absolute atomic E-state index is 0.792. The average molecular weight is 293 g/mol. The minimum atomic E-state index is 0.792. The molecule has 0 aromatic rings. The Balaban J connectivity index is 1.40. The lowest BCUT2D eigenvalue weighted by molar-refractivity contribution is 0.192. The molecule has 0 aromatic heterocycles. The van der Waals surface area contributed by atoms with Gasteiger partial charge in [0.25, 0.3) is 0 Å². The zero-order chi connectivity index (χ0) is 14.5. The first-order chi connectivity index (χ1) is 10.3. The van der Waals surface area contributed by atoms with Crippen molar-refractivity contribution in [3.63, 3.8) is 0 Å². The number of likely N-dealkylation sites (tertiary alicyclic amines) is 1. The number of rotatable bonds is 5. The molecule has 3 atom stereocenters. The van der Waals surface area contributed by atoms with E-state index in [-0.39, 0.29) is 0 Å². The van der Waals surface area contributed by atoms with E-state index in [1.807, 2.05) is 0 Å². The molecule has 3 heteroatoms. The fourth-order valence-corrected chi connectivity index (χ4v) is 4.80. The van der Waals surface area contributed by atoms with Crippen LogP contribution in [0.2, 0.25) is 0 Å². The van der Waals surface area contributed by atoms with Crippen LogP contribution < -0.4 is 10.6 Å². The van der Waals surface area contributed by atoms with Gasteiger partial charge in [-0.05, 0) is 90.0 Å². The second-order valence-corrected chi connectivity index (χ2v) is 7.75. The summed E-state index contributed by atoms with van der Waals surface area (Å²) in [4.78, 5) is 2.48. The Labute approximate surface area is 131 Å². The first kappa shape index (κ1) is 15.8. The van der Waals surface area contributed by atoms with Gasteiger partial charge >= 0.3 is 0 Å². The number of nitrogens with zero attached hydrogens (tertiary/aromatic N) is 1. The molecule has 3 nitrogen and oxygen atoms in total. The van der Waals surface area contributed by atoms with Gasteiger partial charge in [0.1, 0.15) is 0 Å². The summed E-state index contributed by atoms with van der Waals surface area (Å²) in [6, 6.07) is 1.60. The van der Waals surface area contributed by atoms with Gasteiger partial charge in [-0.2, -0.15) is 0 Å². The van der Waals surface area contributed by atoms with Crippen LogP contribution in [-0.2, 0) is 0 Å². The summed E-state index contributed by atoms with van der Waals surface area (Å²) in [7, 11) is 2.26. The molecule has 122 valence electrons. The van der Waals surface area contributed by atoms with E-state index in [2.05, 4.69) is 22.6 Å². The number of hydrogen-bond donors (Lipinski definition) is 2. The minimum Gasteiger partial charge on any atom is -0.314 e. The van der Waals surface area contributed by atoms with Crippen molar-refractivity contribution in [3.05, 3.63) is 0 Å². The smallest absolute Gasteiger partial charge is 0.0111 e. The summed E-state index contributed by atoms with van der Waals surface area (Å²) in [5.41, 5.74) is 0. The van der Waals surface area contributed by atoms with Crippen LogP contribution in [-0.4, -0.2) is 50.2 Å². The number of hydrogen-bond acceptors (Lipinski definition) is 3. The number of piperidine rings is 1. The van der Waals surface area contributed by atoms with Crippen LogP contribution in [0.5, 0.6) is 0 Å². The molecule has 2 saturated heterocycles. The molecule has 3 rings (SSSR count). The third kappa shape index (κ3) is 4.43. The third-order valence-electron chi connectivity index (χ3n) is 6.23. The van der Waals surface area contributed by atoms with Gasteiger partial charge in [0, 0.05) is 12.1 Å². The topological polar surface area (TPSA) is 27.3 Å². The standard InChI is InChI=1S/C18H35N3/c1-21-13-9-15(10-14-21)8-12-20-17-6-3-2-5-16(17)18-7-4-11-19-18/h15-20H,2-14H2,1H3. The SMILES string of the molecule is CN1CCC(CCNC2CCCCC2C2CCCN2)CC1. The first-order valence-corrected chi connectivity index (χ1v) is 9.48. The predicted molar refractivity (Wildman–Crippen MR) is 89.6 cm³/mol. The van der Waals surface area contributed by atoms with E-state index in [0.29, 0.717) is 0 Å². The molecule has 3 aliphatic rings. The van der Waals surface area contributed by atoms with E-state index in [1.165, 1.54) is 84.0 Å². The molecule has 0 spiro atoms. The van der Waals surface area contributed by atoms with Crippen LogP contribution >= 0.6 is 0 Å². The Morgan fingerprint density at radius 3 is 2.57 bits per heavy atom. The van der Waals surface area contributed by atoms with Gasteiger partial charge in [-0.3, -0.25) is 0 Å². The lowest BCUT2D eigenvalue weighted by Crippen LogP contribution is -2.47. The van der Waals surface area contributed by atoms with Crippen molar-refractivity contribution < 1.29 is 0 Å². The molecular formula is C18H35N3. The summed E-state index contributed by atoms with van der Waals surface area (Å²) in [6.07, 6.45) is 12.8. The molecule has 0 amide bonds. The molecule has 0 radical (unpaired) electrons. The van der Waals surface area contributed by atoms with Crippen molar-refractivity contribution in [2.75, 3.05) is 33.2 Å². The van der Waals surface area contributed by atoms with Crippen LogP contribution in [0.3, 0.4) is 0 Å². The molecule has 3 fully saturated rings. The Morgan fingerprint density at radius 1 is 1.00 bits per heavy atom. The summed E-state index contributed by atoms with van der Waals surface area (Å²) in [5, 5.41) is 7.71. The van der Waals surface area contributed by atoms with E-state index in [0.717, 1.165) is 23.9 Å². The van der Waals surface area contributed by atoms with Gasteiger partial charge in [0.15, 0.2) is 0 Å². The van der Waals surface area contributed by atoms with Gasteiger partial charge in [-0.1, -0.05) is 12.8 Å². The molecule has 21 heavy (non-hydrogen) atoms. The van der Waals surface area contributed by atoms with Crippen LogP contribution in [0.1, 0.15) is 57.8 Å². The van der Waals surface area contributed by atoms with E-state index in [4.69, 9.17) is 0 Å². The predicted octanol–water partition coefficient (Wildman–Crippen LogP) is 2.62. The third-order valence-corrected chi connectivity index (χ3v) is 6.23. The quantitative estimate of drug-likeness (QED) is 0.816. The fourth-order valence-electron chi connectivity index (χ4n) is 4.80. The Hall–Kier alpha value is -0.120. The highest BCUT2D eigenvalue weighted by Gasteiger charge is 2.32. The average Bonchev–Trinajstić information content (AvgIpc) is 3.04. The second-order valence-electron chi connectivity index (χ2n) is 7.75. The van der Waals surface area contributed by atoms with Gasteiger partial charge < -0.3 is 15.5 Å². The van der Waals surface area contributed by atoms with E-state index in [1.54, 1.807) is 0 Å². The lowest BCUT2D eigenvalue weighted by atomic mass is 9.79. The highest BCUT2D eigenvalue weighted by molar-refractivity contribution is 4.91. The van der Waals surface area contributed by atoms with Crippen molar-refractivity contribution in [3.8, 4) is 0 Å². The number of nitrogens with one attached hydrogen (secondary N) is 2. The summed E-state index contributed by atoms with van der Waals surface area (Å²) < 4.78 is 0. The summed E-state index contributed by atoms with van der Waals surface area (Å²) in [6.45, 7) is 5.12. The van der Waals surface area contributed by atoms with Crippen LogP contribution in [0.25, 0.3) is 0 Å². The van der Waals surface area contributed by atoms with Crippen molar-refractivity contribution in [1.82, 2.24) is 15.5 Å². The molecule has 1 aliphatic carbocycles. The van der Waals surface area contributed by atoms with Crippen molar-refractivity contribution in [1.29, 1.82) is 0 Å². The molecule has 2 N–H and O–H groups in total. The maximum Gasteiger partial charge on any atom is 0.0111 e. The Kier molecular flexibility index (Phi) is 5.96. The highest BCUT2D eigenvalue weighted by Crippen LogP contribution is 2.30. The molecular weight excluding hydrogens is 258 g/mol. The van der Waals surface area contributed by atoms with Crippen molar-refractivity contribution in [2.45, 2.75) is 69.9 Å². The second kappa shape index (κ2) is 7.94. The zero-order valence-corrected chi connectivity index (χ0v) is 13.9. The lowest BCUT2D eigenvalue weighted by Gasteiger charge is -2.37. The van der Waals surface area contributed by atoms with Crippen LogP contribution in [0.15, 0.2) is 0 Å². The van der Waals surface area contributed by atoms with Crippen LogP contribution in [0, 0.1) is 11.8 Å². The first-order valence-electron chi connectivity index (χ1n) is 9.48. The van der Waals surface area contributed by atoms with E-state index < -0.39 is 0 Å². The zero-order valence-electron chi connectivity index (χ0n) is 13.9. The maximum absolute atomic E-state index is 3.95. The molecule has 2 heterocycles.